The van der Waals surface area contributed by atoms with Crippen LogP contribution in [0.15, 0.2) is 23.1 Å². The fourth-order valence-corrected chi connectivity index (χ4v) is 6.42. The highest BCUT2D eigenvalue weighted by Crippen LogP contribution is 2.30. The lowest BCUT2D eigenvalue weighted by Gasteiger charge is -2.33. The summed E-state index contributed by atoms with van der Waals surface area (Å²) in [6.45, 7) is 5.48. The van der Waals surface area contributed by atoms with Crippen LogP contribution >= 0.6 is 0 Å². The Bertz CT molecular complexity index is 877. The van der Waals surface area contributed by atoms with Crippen molar-refractivity contribution in [3.05, 3.63) is 23.8 Å². The molecule has 7 nitrogen and oxygen atoms in total. The lowest BCUT2D eigenvalue weighted by Crippen LogP contribution is -2.42. The molecule has 1 aliphatic carbocycles. The number of morpholine rings is 1. The van der Waals surface area contributed by atoms with Crippen molar-refractivity contribution in [2.45, 2.75) is 62.8 Å². The fourth-order valence-electron chi connectivity index (χ4n) is 4.98. The summed E-state index contributed by atoms with van der Waals surface area (Å²) in [6, 6.07) is 5.24. The van der Waals surface area contributed by atoms with Gasteiger partial charge in [0.05, 0.1) is 23.7 Å². The third kappa shape index (κ3) is 5.07. The Kier molecular flexibility index (Phi) is 7.19. The quantitative estimate of drug-likeness (QED) is 0.748. The molecule has 2 unspecified atom stereocenters. The first-order valence-corrected chi connectivity index (χ1v) is 13.2. The van der Waals surface area contributed by atoms with Gasteiger partial charge < -0.3 is 15.0 Å². The van der Waals surface area contributed by atoms with Crippen LogP contribution in [0.25, 0.3) is 0 Å². The molecule has 3 aliphatic rings. The van der Waals surface area contributed by atoms with Crippen LogP contribution in [0.1, 0.15) is 62.2 Å². The number of anilines is 1. The number of sulfonamides is 1. The number of carbonyl (C=O) groups excluding carboxylic acids is 1. The van der Waals surface area contributed by atoms with E-state index in [2.05, 4.69) is 17.1 Å². The molecule has 1 N–H and O–H groups in total. The van der Waals surface area contributed by atoms with Crippen LogP contribution in [0.2, 0.25) is 0 Å². The number of rotatable bonds is 5. The largest absolute Gasteiger partial charge is 0.379 e. The van der Waals surface area contributed by atoms with Gasteiger partial charge in [-0.25, -0.2) is 8.42 Å². The average Bonchev–Trinajstić information content (AvgIpc) is 2.81. The van der Waals surface area contributed by atoms with E-state index < -0.39 is 10.0 Å². The maximum Gasteiger partial charge on any atom is 0.253 e. The second-order valence-electron chi connectivity index (χ2n) is 9.08. The molecular formula is C23H35N3O4S. The molecule has 2 aliphatic heterocycles. The summed E-state index contributed by atoms with van der Waals surface area (Å²) in [7, 11) is -3.65. The molecule has 3 fully saturated rings. The number of nitrogens with one attached hydrogen (secondary N) is 1. The highest BCUT2D eigenvalue weighted by atomic mass is 32.2. The zero-order valence-electron chi connectivity index (χ0n) is 18.5. The Hall–Kier alpha value is -1.64. The van der Waals surface area contributed by atoms with Gasteiger partial charge in [-0.3, -0.25) is 4.79 Å². The summed E-state index contributed by atoms with van der Waals surface area (Å²) in [5.74, 6) is 0.287. The molecule has 0 radical (unpaired) electrons. The zero-order valence-corrected chi connectivity index (χ0v) is 19.3. The van der Waals surface area contributed by atoms with E-state index >= 15 is 0 Å². The maximum atomic E-state index is 13.4. The number of piperidine rings is 1. The predicted octanol–water partition coefficient (Wildman–Crippen LogP) is 3.01. The molecule has 2 atom stereocenters. The smallest absolute Gasteiger partial charge is 0.253 e. The molecule has 4 rings (SSSR count). The average molecular weight is 450 g/mol. The van der Waals surface area contributed by atoms with Crippen LogP contribution in [-0.4, -0.2) is 64.1 Å². The number of benzene rings is 1. The van der Waals surface area contributed by atoms with Gasteiger partial charge in [0.2, 0.25) is 10.0 Å². The molecule has 8 heteroatoms. The number of carbonyl (C=O) groups is 1. The van der Waals surface area contributed by atoms with Crippen molar-refractivity contribution in [2.24, 2.45) is 5.92 Å². The molecule has 31 heavy (non-hydrogen) atoms. The van der Waals surface area contributed by atoms with E-state index in [4.69, 9.17) is 4.74 Å². The second kappa shape index (κ2) is 9.88. The van der Waals surface area contributed by atoms with Crippen LogP contribution in [-0.2, 0) is 14.8 Å². The van der Waals surface area contributed by atoms with Crippen LogP contribution in [0.4, 0.5) is 5.69 Å². The maximum absolute atomic E-state index is 13.4. The monoisotopic (exact) mass is 449 g/mol. The van der Waals surface area contributed by atoms with Crippen LogP contribution in [0, 0.1) is 5.92 Å². The minimum absolute atomic E-state index is 0.148. The van der Waals surface area contributed by atoms with Crippen LogP contribution in [0.3, 0.4) is 0 Å². The molecule has 1 saturated carbocycles. The van der Waals surface area contributed by atoms with Crippen molar-refractivity contribution < 1.29 is 17.9 Å². The third-order valence-corrected chi connectivity index (χ3v) is 8.84. The second-order valence-corrected chi connectivity index (χ2v) is 11.0. The van der Waals surface area contributed by atoms with Gasteiger partial charge in [0.1, 0.15) is 0 Å². The number of hydrogen-bond acceptors (Lipinski definition) is 5. The molecule has 1 aromatic rings. The van der Waals surface area contributed by atoms with Crippen LogP contribution < -0.4 is 10.2 Å². The third-order valence-electron chi connectivity index (χ3n) is 6.95. The lowest BCUT2D eigenvalue weighted by atomic mass is 9.86. The minimum atomic E-state index is -3.65. The molecule has 0 aromatic heterocycles. The summed E-state index contributed by atoms with van der Waals surface area (Å²) in [6.07, 6.45) is 7.82. The molecule has 172 valence electrons. The first-order chi connectivity index (χ1) is 15.0. The van der Waals surface area contributed by atoms with Crippen molar-refractivity contribution in [1.29, 1.82) is 0 Å². The van der Waals surface area contributed by atoms with Crippen molar-refractivity contribution in [3.8, 4) is 0 Å². The molecule has 2 heterocycles. The Balaban J connectivity index is 1.65. The number of amides is 1. The number of nitrogens with zero attached hydrogens (tertiary/aromatic N) is 2. The molecule has 0 spiro atoms. The summed E-state index contributed by atoms with van der Waals surface area (Å²) in [4.78, 5) is 15.8. The van der Waals surface area contributed by atoms with Crippen molar-refractivity contribution >= 4 is 21.6 Å². The van der Waals surface area contributed by atoms with Gasteiger partial charge in [-0.15, -0.1) is 0 Å². The molecule has 0 bridgehead atoms. The predicted molar refractivity (Wildman–Crippen MR) is 121 cm³/mol. The highest BCUT2D eigenvalue weighted by Gasteiger charge is 2.30. The van der Waals surface area contributed by atoms with E-state index in [1.165, 1.54) is 17.1 Å². The van der Waals surface area contributed by atoms with Crippen molar-refractivity contribution in [3.63, 3.8) is 0 Å². The summed E-state index contributed by atoms with van der Waals surface area (Å²) < 4.78 is 33.2. The van der Waals surface area contributed by atoms with Crippen LogP contribution in [0.5, 0.6) is 0 Å². The van der Waals surface area contributed by atoms with Gasteiger partial charge in [-0.2, -0.15) is 4.31 Å². The summed E-state index contributed by atoms with van der Waals surface area (Å²) in [5, 5.41) is 3.23. The van der Waals surface area contributed by atoms with Crippen molar-refractivity contribution in [1.82, 2.24) is 9.62 Å². The minimum Gasteiger partial charge on any atom is -0.379 e. The molecule has 2 saturated heterocycles. The Morgan fingerprint density at radius 2 is 1.71 bits per heavy atom. The number of hydrogen-bond donors (Lipinski definition) is 1. The first-order valence-electron chi connectivity index (χ1n) is 11.7. The zero-order chi connectivity index (χ0) is 21.8. The first kappa shape index (κ1) is 22.6. The Morgan fingerprint density at radius 3 is 2.42 bits per heavy atom. The Morgan fingerprint density at radius 1 is 1.00 bits per heavy atom. The summed E-state index contributed by atoms with van der Waals surface area (Å²) >= 11 is 0. The number of ether oxygens (including phenoxy) is 1. The van der Waals surface area contributed by atoms with E-state index in [-0.39, 0.29) is 16.8 Å². The van der Waals surface area contributed by atoms with E-state index in [0.29, 0.717) is 37.8 Å². The van der Waals surface area contributed by atoms with E-state index in [1.54, 1.807) is 12.1 Å². The van der Waals surface area contributed by atoms with Crippen molar-refractivity contribution in [2.75, 3.05) is 44.3 Å². The highest BCUT2D eigenvalue weighted by molar-refractivity contribution is 7.89. The molecule has 1 aromatic carbocycles. The summed E-state index contributed by atoms with van der Waals surface area (Å²) in [5.41, 5.74) is 1.33. The lowest BCUT2D eigenvalue weighted by molar-refractivity contribution is 0.0730. The van der Waals surface area contributed by atoms with Gasteiger partial charge in [-0.05, 0) is 56.2 Å². The van der Waals surface area contributed by atoms with E-state index in [1.807, 2.05) is 6.07 Å². The van der Waals surface area contributed by atoms with E-state index in [9.17, 15) is 13.2 Å². The standard InChI is InChI=1S/C23H35N3O4S/c1-18-7-3-4-8-21(18)24-23(27)20-17-19(31(28,29)26-13-15-30-16-14-26)9-10-22(20)25-11-5-2-6-12-25/h9-10,17-18,21H,2-8,11-16H2,1H3,(H,24,27). The van der Waals surface area contributed by atoms with Gasteiger partial charge in [0.25, 0.3) is 5.91 Å². The van der Waals surface area contributed by atoms with E-state index in [0.717, 1.165) is 50.9 Å². The van der Waals surface area contributed by atoms with Gasteiger partial charge >= 0.3 is 0 Å². The molecule has 1 amide bonds. The Labute approximate surface area is 186 Å². The SMILES string of the molecule is CC1CCCCC1NC(=O)c1cc(S(=O)(=O)N2CCOCC2)ccc1N1CCCCC1. The van der Waals surface area contributed by atoms with Gasteiger partial charge in [-0.1, -0.05) is 19.8 Å². The van der Waals surface area contributed by atoms with Gasteiger partial charge in [0, 0.05) is 37.9 Å². The van der Waals surface area contributed by atoms with Gasteiger partial charge in [0.15, 0.2) is 0 Å². The molecular weight excluding hydrogens is 414 g/mol. The normalized spacial score (nSPS) is 25.9. The fraction of sp³-hybridized carbons (Fsp3) is 0.696. The topological polar surface area (TPSA) is 79.0 Å².